The number of nitrogens with one attached hydrogen (secondary N) is 1. The first-order valence-corrected chi connectivity index (χ1v) is 7.44. The van der Waals surface area contributed by atoms with Crippen LogP contribution in [0.1, 0.15) is 44.7 Å². The van der Waals surface area contributed by atoms with Gasteiger partial charge >= 0.3 is 5.97 Å². The number of ether oxygens (including phenoxy) is 1. The first kappa shape index (κ1) is 17.5. The fourth-order valence-corrected chi connectivity index (χ4v) is 2.31. The zero-order valence-corrected chi connectivity index (χ0v) is 14.1. The fraction of sp³-hybridized carbons (Fsp3) is 0.278. The molecule has 0 spiro atoms. The van der Waals surface area contributed by atoms with Crippen LogP contribution in [0.5, 0.6) is 0 Å². The molecule has 1 N–H and O–H groups in total. The summed E-state index contributed by atoms with van der Waals surface area (Å²) >= 11 is 0. The maximum absolute atomic E-state index is 12.1. The molecule has 0 aliphatic rings. The molecule has 0 saturated heterocycles. The molecule has 0 aliphatic heterocycles. The number of carbonyl (C=O) groups excluding carboxylic acids is 3. The number of Topliss-reactive ketones (excluding diaryl/α,β-unsaturated/α-hetero) is 1. The quantitative estimate of drug-likeness (QED) is 0.672. The highest BCUT2D eigenvalue weighted by molar-refractivity contribution is 5.98. The summed E-state index contributed by atoms with van der Waals surface area (Å²) in [6.07, 6.45) is 0. The molecule has 1 aromatic carbocycles. The summed E-state index contributed by atoms with van der Waals surface area (Å²) in [6.45, 7) is 6.21. The van der Waals surface area contributed by atoms with Gasteiger partial charge in [0.2, 0.25) is 0 Å². The monoisotopic (exact) mass is 329 g/mol. The van der Waals surface area contributed by atoms with Crippen molar-refractivity contribution in [3.05, 3.63) is 52.5 Å². The van der Waals surface area contributed by atoms with Gasteiger partial charge in [-0.1, -0.05) is 12.1 Å². The topological polar surface area (TPSA) is 85.6 Å². The van der Waals surface area contributed by atoms with Crippen LogP contribution in [-0.2, 0) is 9.53 Å². The molecule has 0 saturated carbocycles. The number of aryl methyl sites for hydroxylation is 2. The van der Waals surface area contributed by atoms with Crippen LogP contribution < -0.4 is 5.32 Å². The van der Waals surface area contributed by atoms with E-state index in [2.05, 4.69) is 5.32 Å². The van der Waals surface area contributed by atoms with Crippen molar-refractivity contribution in [1.82, 2.24) is 0 Å². The van der Waals surface area contributed by atoms with E-state index in [4.69, 9.17) is 9.15 Å². The second-order valence-electron chi connectivity index (χ2n) is 5.48. The van der Waals surface area contributed by atoms with Gasteiger partial charge in [0.25, 0.3) is 5.91 Å². The van der Waals surface area contributed by atoms with Crippen molar-refractivity contribution in [3.8, 4) is 0 Å². The Kier molecular flexibility index (Phi) is 5.18. The largest absolute Gasteiger partial charge is 0.465 e. The summed E-state index contributed by atoms with van der Waals surface area (Å²) in [7, 11) is 0. The van der Waals surface area contributed by atoms with Gasteiger partial charge in [-0.3, -0.25) is 9.59 Å². The van der Waals surface area contributed by atoms with E-state index in [9.17, 15) is 14.4 Å². The Morgan fingerprint density at radius 2 is 1.83 bits per heavy atom. The van der Waals surface area contributed by atoms with Crippen molar-refractivity contribution in [2.24, 2.45) is 0 Å². The molecule has 0 fully saturated rings. The Morgan fingerprint density at radius 3 is 2.42 bits per heavy atom. The summed E-state index contributed by atoms with van der Waals surface area (Å²) in [6, 6.07) is 6.54. The predicted molar refractivity (Wildman–Crippen MR) is 88.3 cm³/mol. The van der Waals surface area contributed by atoms with Gasteiger partial charge in [0.05, 0.1) is 0 Å². The van der Waals surface area contributed by atoms with Crippen LogP contribution >= 0.6 is 0 Å². The van der Waals surface area contributed by atoms with Crippen LogP contribution in [0.3, 0.4) is 0 Å². The highest BCUT2D eigenvalue weighted by atomic mass is 16.5. The van der Waals surface area contributed by atoms with Crippen LogP contribution in [-0.4, -0.2) is 24.3 Å². The van der Waals surface area contributed by atoms with Crippen LogP contribution in [0, 0.1) is 20.8 Å². The standard InChI is InChI=1S/C18H19NO5/c1-10-12(3)24-13(4)17(10)18(22)23-9-16(21)19-15-7-5-6-14(8-15)11(2)20/h5-8H,9H2,1-4H3,(H,19,21). The second-order valence-corrected chi connectivity index (χ2v) is 5.48. The van der Waals surface area contributed by atoms with E-state index >= 15 is 0 Å². The number of ketones is 1. The zero-order chi connectivity index (χ0) is 17.9. The minimum Gasteiger partial charge on any atom is -0.465 e. The Bertz CT molecular complexity index is 804. The first-order chi connectivity index (χ1) is 11.3. The lowest BCUT2D eigenvalue weighted by molar-refractivity contribution is -0.119. The van der Waals surface area contributed by atoms with Crippen molar-refractivity contribution in [1.29, 1.82) is 0 Å². The van der Waals surface area contributed by atoms with E-state index in [-0.39, 0.29) is 5.78 Å². The SMILES string of the molecule is CC(=O)c1cccc(NC(=O)COC(=O)c2c(C)oc(C)c2C)c1. The fourth-order valence-electron chi connectivity index (χ4n) is 2.31. The van der Waals surface area contributed by atoms with E-state index in [0.29, 0.717) is 33.9 Å². The molecule has 0 atom stereocenters. The van der Waals surface area contributed by atoms with E-state index in [1.807, 2.05) is 0 Å². The lowest BCUT2D eigenvalue weighted by Gasteiger charge is -2.07. The maximum Gasteiger partial charge on any atom is 0.342 e. The number of benzene rings is 1. The Balaban J connectivity index is 1.97. The Labute approximate surface area is 139 Å². The van der Waals surface area contributed by atoms with Crippen molar-refractivity contribution >= 4 is 23.3 Å². The van der Waals surface area contributed by atoms with Gasteiger partial charge in [-0.15, -0.1) is 0 Å². The van der Waals surface area contributed by atoms with E-state index in [1.54, 1.807) is 45.0 Å². The molecule has 0 bridgehead atoms. The van der Waals surface area contributed by atoms with E-state index in [0.717, 1.165) is 0 Å². The van der Waals surface area contributed by atoms with Crippen LogP contribution in [0.4, 0.5) is 5.69 Å². The van der Waals surface area contributed by atoms with Crippen LogP contribution in [0.25, 0.3) is 0 Å². The average molecular weight is 329 g/mol. The van der Waals surface area contributed by atoms with Gasteiger partial charge in [-0.2, -0.15) is 0 Å². The number of hydrogen-bond donors (Lipinski definition) is 1. The lowest BCUT2D eigenvalue weighted by atomic mass is 10.1. The molecular weight excluding hydrogens is 310 g/mol. The van der Waals surface area contributed by atoms with Gasteiger partial charge in [0.15, 0.2) is 12.4 Å². The minimum atomic E-state index is -0.602. The molecule has 0 radical (unpaired) electrons. The Hall–Kier alpha value is -2.89. The third-order valence-corrected chi connectivity index (χ3v) is 3.65. The summed E-state index contributed by atoms with van der Waals surface area (Å²) in [5.74, 6) is -0.0811. The highest BCUT2D eigenvalue weighted by Crippen LogP contribution is 2.21. The molecular formula is C18H19NO5. The molecule has 1 amide bonds. The number of rotatable bonds is 5. The zero-order valence-electron chi connectivity index (χ0n) is 14.1. The summed E-state index contributed by atoms with van der Waals surface area (Å²) < 4.78 is 10.4. The maximum atomic E-state index is 12.1. The van der Waals surface area contributed by atoms with Gasteiger partial charge in [-0.05, 0) is 39.8 Å². The second kappa shape index (κ2) is 7.12. The molecule has 0 aliphatic carbocycles. The molecule has 6 heteroatoms. The summed E-state index contributed by atoms with van der Waals surface area (Å²) in [5, 5.41) is 2.59. The third kappa shape index (κ3) is 3.90. The third-order valence-electron chi connectivity index (χ3n) is 3.65. The molecule has 1 heterocycles. The molecule has 0 unspecified atom stereocenters. The molecule has 24 heavy (non-hydrogen) atoms. The molecule has 1 aromatic heterocycles. The number of hydrogen-bond acceptors (Lipinski definition) is 5. The predicted octanol–water partition coefficient (Wildman–Crippen LogP) is 3.20. The van der Waals surface area contributed by atoms with Crippen molar-refractivity contribution in [2.45, 2.75) is 27.7 Å². The summed E-state index contributed by atoms with van der Waals surface area (Å²) in [4.78, 5) is 35.3. The number of anilines is 1. The van der Waals surface area contributed by atoms with E-state index in [1.165, 1.54) is 6.92 Å². The number of esters is 1. The van der Waals surface area contributed by atoms with Crippen LogP contribution in [0.2, 0.25) is 0 Å². The number of furan rings is 1. The summed E-state index contributed by atoms with van der Waals surface area (Å²) in [5.41, 5.74) is 2.01. The number of amides is 1. The normalized spacial score (nSPS) is 10.3. The molecule has 2 rings (SSSR count). The van der Waals surface area contributed by atoms with Crippen LogP contribution in [0.15, 0.2) is 28.7 Å². The lowest BCUT2D eigenvalue weighted by Crippen LogP contribution is -2.21. The average Bonchev–Trinajstić information content (AvgIpc) is 2.78. The van der Waals surface area contributed by atoms with E-state index < -0.39 is 18.5 Å². The highest BCUT2D eigenvalue weighted by Gasteiger charge is 2.20. The molecule has 2 aromatic rings. The van der Waals surface area contributed by atoms with Crippen molar-refractivity contribution in [2.75, 3.05) is 11.9 Å². The van der Waals surface area contributed by atoms with Gasteiger partial charge in [0.1, 0.15) is 17.1 Å². The van der Waals surface area contributed by atoms with Gasteiger partial charge < -0.3 is 14.5 Å². The van der Waals surface area contributed by atoms with Gasteiger partial charge in [-0.25, -0.2) is 4.79 Å². The Morgan fingerprint density at radius 1 is 1.12 bits per heavy atom. The number of carbonyl (C=O) groups is 3. The first-order valence-electron chi connectivity index (χ1n) is 7.44. The van der Waals surface area contributed by atoms with Crippen molar-refractivity contribution < 1.29 is 23.5 Å². The smallest absolute Gasteiger partial charge is 0.342 e. The molecule has 6 nitrogen and oxygen atoms in total. The minimum absolute atomic E-state index is 0.0983. The van der Waals surface area contributed by atoms with Gasteiger partial charge in [0, 0.05) is 16.8 Å². The molecule has 126 valence electrons. The van der Waals surface area contributed by atoms with Crippen molar-refractivity contribution in [3.63, 3.8) is 0 Å².